The zero-order valence-corrected chi connectivity index (χ0v) is 44.3. The van der Waals surface area contributed by atoms with Gasteiger partial charge >= 0.3 is 0 Å². The molecule has 1 aromatic rings. The van der Waals surface area contributed by atoms with E-state index in [1.54, 1.807) is 30.3 Å². The number of rotatable bonds is 25. The lowest BCUT2D eigenvalue weighted by Gasteiger charge is -2.28. The minimum absolute atomic E-state index is 0.0365. The van der Waals surface area contributed by atoms with Crippen molar-refractivity contribution < 1.29 is 48.3 Å². The minimum Gasteiger partial charge on any atom is -0.393 e. The van der Waals surface area contributed by atoms with E-state index in [1.807, 2.05) is 27.7 Å². The number of hydrogen-bond acceptors (Lipinski definition) is 14. The smallest absolute Gasteiger partial charge is 0.243 e. The SMILES string of the molecule is CCCCCCC[C@@H](O)CC(=O)N[C@H](CCN)C(=O)N[C@H]1CCNC(=O)[C@H](CC(C)C)NC(=O)[C@H](CCN)NC(=O)[C@H](CCN)NC(=O)[C@H](Cc2ccccc2)NC(=O)[C@@H](CC(C)C)NC(=O)[C@H](CCN)NC1=O. The van der Waals surface area contributed by atoms with Crippen LogP contribution >= 0.6 is 0 Å². The second-order valence-electron chi connectivity index (χ2n) is 19.9. The van der Waals surface area contributed by atoms with Crippen molar-refractivity contribution in [2.75, 3.05) is 32.7 Å². The first-order chi connectivity index (χ1) is 35.3. The van der Waals surface area contributed by atoms with E-state index >= 15 is 0 Å². The van der Waals surface area contributed by atoms with Gasteiger partial charge in [0.2, 0.25) is 53.2 Å². The van der Waals surface area contributed by atoms with Gasteiger partial charge < -0.3 is 75.9 Å². The number of carbonyl (C=O) groups excluding carboxylic acids is 9. The van der Waals surface area contributed by atoms with Crippen LogP contribution in [0.4, 0.5) is 0 Å². The Morgan fingerprint density at radius 3 is 1.55 bits per heavy atom. The van der Waals surface area contributed by atoms with E-state index in [4.69, 9.17) is 22.9 Å². The molecule has 9 amide bonds. The maximum absolute atomic E-state index is 14.3. The molecule has 18 N–H and O–H groups in total. The summed E-state index contributed by atoms with van der Waals surface area (Å²) in [4.78, 5) is 126. The van der Waals surface area contributed by atoms with Crippen molar-refractivity contribution in [3.63, 3.8) is 0 Å². The van der Waals surface area contributed by atoms with Crippen molar-refractivity contribution in [1.29, 1.82) is 0 Å². The first-order valence-electron chi connectivity index (χ1n) is 26.5. The average Bonchev–Trinajstić information content (AvgIpc) is 3.34. The fraction of sp³-hybridized carbons (Fsp3) is 0.706. The maximum atomic E-state index is 14.3. The molecule has 0 bridgehead atoms. The molecule has 0 radical (unpaired) electrons. The predicted octanol–water partition coefficient (Wildman–Crippen LogP) is -1.77. The minimum atomic E-state index is -1.46. The average molecular weight is 1040 g/mol. The third kappa shape index (κ3) is 24.5. The van der Waals surface area contributed by atoms with Crippen molar-refractivity contribution in [3.05, 3.63) is 35.9 Å². The molecule has 1 saturated heterocycles. The summed E-state index contributed by atoms with van der Waals surface area (Å²) < 4.78 is 0. The molecule has 1 aliphatic rings. The third-order valence-electron chi connectivity index (χ3n) is 12.4. The summed E-state index contributed by atoms with van der Waals surface area (Å²) in [5, 5.41) is 34.7. The van der Waals surface area contributed by atoms with Crippen LogP contribution in [0, 0.1) is 11.8 Å². The summed E-state index contributed by atoms with van der Waals surface area (Å²) in [6, 6.07) is -1.54. The molecule has 0 spiro atoms. The van der Waals surface area contributed by atoms with E-state index in [-0.39, 0.29) is 102 Å². The topological polar surface area (TPSA) is 386 Å². The van der Waals surface area contributed by atoms with Gasteiger partial charge in [0, 0.05) is 13.0 Å². The van der Waals surface area contributed by atoms with Gasteiger partial charge in [0.05, 0.1) is 12.5 Å². The lowest BCUT2D eigenvalue weighted by molar-refractivity contribution is -0.136. The van der Waals surface area contributed by atoms with Gasteiger partial charge in [0.25, 0.3) is 0 Å². The zero-order valence-electron chi connectivity index (χ0n) is 44.3. The molecule has 1 aromatic carbocycles. The second-order valence-corrected chi connectivity index (χ2v) is 19.9. The van der Waals surface area contributed by atoms with E-state index in [0.29, 0.717) is 12.0 Å². The summed E-state index contributed by atoms with van der Waals surface area (Å²) in [7, 11) is 0. The van der Waals surface area contributed by atoms with Crippen molar-refractivity contribution in [2.45, 2.75) is 185 Å². The molecule has 9 atom stereocenters. The Hall–Kier alpha value is -5.75. The van der Waals surface area contributed by atoms with Gasteiger partial charge in [0.1, 0.15) is 48.3 Å². The molecule has 0 aliphatic carbocycles. The largest absolute Gasteiger partial charge is 0.393 e. The maximum Gasteiger partial charge on any atom is 0.243 e. The predicted molar refractivity (Wildman–Crippen MR) is 281 cm³/mol. The lowest BCUT2D eigenvalue weighted by Crippen LogP contribution is -2.61. The van der Waals surface area contributed by atoms with Gasteiger partial charge in [0.15, 0.2) is 0 Å². The molecule has 0 unspecified atom stereocenters. The molecule has 1 aliphatic heterocycles. The number of aliphatic hydroxyl groups excluding tert-OH is 1. The van der Waals surface area contributed by atoms with Crippen LogP contribution in [-0.4, -0.2) is 145 Å². The standard InChI is InChI=1S/C51H89N13O10/c1-6-7-8-9-13-16-34(65)30-43(66)57-35(17-22-52)45(68)61-39-21-26-56-44(67)40(27-31(2)3)62-47(70)37(19-24-54)58-46(69)36(18-23-53)60-51(74)42(29-33-14-11-10-12-15-33)64-50(73)41(28-32(4)5)63-48(71)38(20-25-55)59-49(39)72/h10-12,14-15,31-32,34-42,65H,6-9,13,16-30,52-55H2,1-5H3,(H,56,67)(H,57,66)(H,58,69)(H,59,72)(H,60,74)(H,61,68)(H,62,70)(H,63,71)(H,64,73)/t34-,35-,36+,37+,38+,39+,40+,41-,42+/m1/s1. The number of amides is 9. The van der Waals surface area contributed by atoms with E-state index < -0.39 is 108 Å². The highest BCUT2D eigenvalue weighted by molar-refractivity contribution is 5.98. The number of benzene rings is 1. The summed E-state index contributed by atoms with van der Waals surface area (Å²) in [5.41, 5.74) is 24.3. The van der Waals surface area contributed by atoms with Crippen molar-refractivity contribution in [1.82, 2.24) is 47.9 Å². The quantitative estimate of drug-likeness (QED) is 0.0482. The molecule has 0 saturated carbocycles. The third-order valence-corrected chi connectivity index (χ3v) is 12.4. The van der Waals surface area contributed by atoms with Gasteiger partial charge in [-0.1, -0.05) is 97.1 Å². The Kier molecular flexibility index (Phi) is 30.8. The number of unbranched alkanes of at least 4 members (excludes halogenated alkanes) is 4. The number of nitrogens with one attached hydrogen (secondary N) is 9. The number of nitrogens with two attached hydrogens (primary N) is 4. The first-order valence-corrected chi connectivity index (χ1v) is 26.5. The molecular formula is C51H89N13O10. The van der Waals surface area contributed by atoms with Crippen molar-refractivity contribution in [2.24, 2.45) is 34.8 Å². The highest BCUT2D eigenvalue weighted by Gasteiger charge is 2.35. The van der Waals surface area contributed by atoms with Crippen LogP contribution < -0.4 is 70.8 Å². The van der Waals surface area contributed by atoms with Gasteiger partial charge in [-0.15, -0.1) is 0 Å². The fourth-order valence-electron chi connectivity index (χ4n) is 8.40. The Morgan fingerprint density at radius 1 is 0.595 bits per heavy atom. The Labute approximate surface area is 436 Å². The molecule has 74 heavy (non-hydrogen) atoms. The highest BCUT2D eigenvalue weighted by atomic mass is 16.3. The van der Waals surface area contributed by atoms with Crippen LogP contribution in [0.5, 0.6) is 0 Å². The number of hydrogen-bond donors (Lipinski definition) is 14. The molecule has 0 aromatic heterocycles. The molecule has 1 fully saturated rings. The molecule has 418 valence electrons. The van der Waals surface area contributed by atoms with E-state index in [0.717, 1.165) is 32.1 Å². The van der Waals surface area contributed by atoms with Crippen LogP contribution in [0.1, 0.15) is 130 Å². The van der Waals surface area contributed by atoms with E-state index in [1.165, 1.54) is 0 Å². The molecule has 23 heteroatoms. The highest BCUT2D eigenvalue weighted by Crippen LogP contribution is 2.13. The van der Waals surface area contributed by atoms with E-state index in [2.05, 4.69) is 54.8 Å². The molecular weight excluding hydrogens is 955 g/mol. The van der Waals surface area contributed by atoms with Crippen LogP contribution in [-0.2, 0) is 49.6 Å². The molecule has 2 rings (SSSR count). The van der Waals surface area contributed by atoms with Gasteiger partial charge in [-0.2, -0.15) is 0 Å². The summed E-state index contributed by atoms with van der Waals surface area (Å²) in [5.74, 6) is -7.09. The van der Waals surface area contributed by atoms with E-state index in [9.17, 15) is 48.3 Å². The van der Waals surface area contributed by atoms with Gasteiger partial charge in [-0.3, -0.25) is 43.2 Å². The van der Waals surface area contributed by atoms with Crippen LogP contribution in [0.25, 0.3) is 0 Å². The fourth-order valence-corrected chi connectivity index (χ4v) is 8.40. The van der Waals surface area contributed by atoms with Gasteiger partial charge in [-0.25, -0.2) is 0 Å². The molecule has 23 nitrogen and oxygen atoms in total. The van der Waals surface area contributed by atoms with Crippen molar-refractivity contribution in [3.8, 4) is 0 Å². The monoisotopic (exact) mass is 1040 g/mol. The lowest BCUT2D eigenvalue weighted by atomic mass is 10.00. The Morgan fingerprint density at radius 2 is 1.05 bits per heavy atom. The van der Waals surface area contributed by atoms with Crippen LogP contribution in [0.15, 0.2) is 30.3 Å². The Balaban J connectivity index is 2.67. The second kappa shape index (κ2) is 35.4. The Bertz CT molecular complexity index is 1930. The first kappa shape index (κ1) is 64.4. The normalized spacial score (nSPS) is 23.0. The number of aliphatic hydroxyl groups is 1. The summed E-state index contributed by atoms with van der Waals surface area (Å²) >= 11 is 0. The van der Waals surface area contributed by atoms with Crippen LogP contribution in [0.2, 0.25) is 0 Å². The summed E-state index contributed by atoms with van der Waals surface area (Å²) in [6.07, 6.45) is 3.60. The number of carbonyl (C=O) groups is 9. The van der Waals surface area contributed by atoms with Gasteiger partial charge in [-0.05, 0) is 94.9 Å². The van der Waals surface area contributed by atoms with Crippen LogP contribution in [0.3, 0.4) is 0 Å². The zero-order chi connectivity index (χ0) is 55.2. The van der Waals surface area contributed by atoms with Crippen molar-refractivity contribution >= 4 is 53.2 Å². The molecule has 1 heterocycles. The summed E-state index contributed by atoms with van der Waals surface area (Å²) in [6.45, 7) is 8.89.